The maximum atomic E-state index is 11.8. The second-order valence-corrected chi connectivity index (χ2v) is 13.8. The third-order valence-electron chi connectivity index (χ3n) is 8.15. The molecule has 3 N–H and O–H groups in total. The van der Waals surface area contributed by atoms with Crippen molar-refractivity contribution in [3.8, 4) is 0 Å². The monoisotopic (exact) mass is 554 g/mol. The molecule has 10 nitrogen and oxygen atoms in total. The van der Waals surface area contributed by atoms with Crippen LogP contribution in [0.4, 0.5) is 23.3 Å². The summed E-state index contributed by atoms with van der Waals surface area (Å²) in [6.07, 6.45) is 4.38. The lowest BCUT2D eigenvalue weighted by Crippen LogP contribution is -2.57. The molecular formula is C28H38N6O4S. The fourth-order valence-electron chi connectivity index (χ4n) is 5.56. The summed E-state index contributed by atoms with van der Waals surface area (Å²) in [7, 11) is -3.02. The minimum absolute atomic E-state index is 0.118. The average molecular weight is 555 g/mol. The van der Waals surface area contributed by atoms with Crippen molar-refractivity contribution < 1.29 is 18.6 Å². The summed E-state index contributed by atoms with van der Waals surface area (Å²) in [5, 5.41) is 26.0. The maximum Gasteiger partial charge on any atom is 0.227 e. The van der Waals surface area contributed by atoms with E-state index in [4.69, 9.17) is 4.98 Å². The van der Waals surface area contributed by atoms with Gasteiger partial charge in [-0.2, -0.15) is 4.98 Å². The van der Waals surface area contributed by atoms with Crippen molar-refractivity contribution >= 4 is 43.9 Å². The summed E-state index contributed by atoms with van der Waals surface area (Å²) in [5.41, 5.74) is 1.16. The second kappa shape index (κ2) is 10.2. The number of anilines is 4. The van der Waals surface area contributed by atoms with Gasteiger partial charge in [0.2, 0.25) is 5.95 Å². The standard InChI is InChI=1S/C28H38N6O4S/c1-17(2)20-6-7-23(34-14-19(18(34)3)16-39(5,37)38)22-13-30-26(12-21(20)22)31-25-8-10-29-27(32-25)33-11-9-28(4,36)24(35)15-33/h6-8,10,12-13,17-19,24,35-36H,9,11,14-16H2,1-5H3,(H,29,30,31,32)/t18-,19-,24+,28+/m1/s1. The number of aromatic nitrogens is 3. The van der Waals surface area contributed by atoms with Gasteiger partial charge in [-0.15, -0.1) is 0 Å². The van der Waals surface area contributed by atoms with Crippen LogP contribution in [-0.4, -0.2) is 83.0 Å². The molecule has 2 saturated heterocycles. The minimum atomic E-state index is -3.02. The number of fused-ring (bicyclic) bond motifs is 1. The predicted molar refractivity (Wildman–Crippen MR) is 155 cm³/mol. The Balaban J connectivity index is 1.40. The molecule has 2 aliphatic rings. The Labute approximate surface area is 230 Å². The molecular weight excluding hydrogens is 516 g/mol. The van der Waals surface area contributed by atoms with Crippen molar-refractivity contribution in [2.24, 2.45) is 5.92 Å². The van der Waals surface area contributed by atoms with Crippen LogP contribution in [0.5, 0.6) is 0 Å². The van der Waals surface area contributed by atoms with E-state index in [1.54, 1.807) is 19.2 Å². The van der Waals surface area contributed by atoms with Crippen LogP contribution < -0.4 is 15.1 Å². The smallest absolute Gasteiger partial charge is 0.227 e. The molecule has 11 heteroatoms. The van der Waals surface area contributed by atoms with Gasteiger partial charge in [0.05, 0.1) is 17.5 Å². The fraction of sp³-hybridized carbons (Fsp3) is 0.536. The lowest BCUT2D eigenvalue weighted by Gasteiger charge is -2.48. The molecule has 4 heterocycles. The highest BCUT2D eigenvalue weighted by Crippen LogP contribution is 2.39. The van der Waals surface area contributed by atoms with Crippen molar-refractivity contribution in [1.82, 2.24) is 15.0 Å². The zero-order valence-electron chi connectivity index (χ0n) is 23.2. The number of sulfone groups is 1. The van der Waals surface area contributed by atoms with Crippen molar-refractivity contribution in [3.05, 3.63) is 42.2 Å². The van der Waals surface area contributed by atoms with E-state index in [0.29, 0.717) is 43.0 Å². The lowest BCUT2D eigenvalue weighted by molar-refractivity contribution is -0.0724. The van der Waals surface area contributed by atoms with E-state index >= 15 is 0 Å². The largest absolute Gasteiger partial charge is 0.388 e. The molecule has 0 saturated carbocycles. The van der Waals surface area contributed by atoms with E-state index in [0.717, 1.165) is 16.5 Å². The van der Waals surface area contributed by atoms with E-state index in [-0.39, 0.29) is 24.3 Å². The molecule has 1 aromatic carbocycles. The highest BCUT2D eigenvalue weighted by Gasteiger charge is 2.39. The first-order chi connectivity index (χ1) is 18.3. The number of nitrogens with one attached hydrogen (secondary N) is 1. The van der Waals surface area contributed by atoms with E-state index in [1.165, 1.54) is 11.8 Å². The Kier molecular flexibility index (Phi) is 7.19. The van der Waals surface area contributed by atoms with E-state index in [9.17, 15) is 18.6 Å². The summed E-state index contributed by atoms with van der Waals surface area (Å²) < 4.78 is 23.7. The Bertz CT molecular complexity index is 1480. The van der Waals surface area contributed by atoms with Gasteiger partial charge < -0.3 is 25.3 Å². The number of nitrogens with zero attached hydrogens (tertiary/aromatic N) is 5. The number of aliphatic hydroxyl groups is 2. The molecule has 2 aliphatic heterocycles. The number of benzene rings is 1. The van der Waals surface area contributed by atoms with Crippen LogP contribution in [0.25, 0.3) is 10.8 Å². The van der Waals surface area contributed by atoms with Crippen LogP contribution in [0.15, 0.2) is 36.7 Å². The van der Waals surface area contributed by atoms with Crippen molar-refractivity contribution in [2.45, 2.75) is 57.8 Å². The molecule has 0 spiro atoms. The summed E-state index contributed by atoms with van der Waals surface area (Å²) >= 11 is 0. The van der Waals surface area contributed by atoms with Crippen molar-refractivity contribution in [2.75, 3.05) is 46.8 Å². The Morgan fingerprint density at radius 1 is 1.15 bits per heavy atom. The highest BCUT2D eigenvalue weighted by molar-refractivity contribution is 7.90. The first-order valence-electron chi connectivity index (χ1n) is 13.4. The van der Waals surface area contributed by atoms with Crippen LogP contribution >= 0.6 is 0 Å². The zero-order chi connectivity index (χ0) is 28.1. The first kappa shape index (κ1) is 27.5. The van der Waals surface area contributed by atoms with Crippen LogP contribution in [0, 0.1) is 5.92 Å². The summed E-state index contributed by atoms with van der Waals surface area (Å²) in [6.45, 7) is 9.56. The predicted octanol–water partition coefficient (Wildman–Crippen LogP) is 3.08. The molecule has 3 aromatic rings. The molecule has 5 rings (SSSR count). The summed E-state index contributed by atoms with van der Waals surface area (Å²) in [6, 6.07) is 8.22. The number of piperidine rings is 1. The first-order valence-corrected chi connectivity index (χ1v) is 15.5. The van der Waals surface area contributed by atoms with Gasteiger partial charge in [-0.25, -0.2) is 18.4 Å². The quantitative estimate of drug-likeness (QED) is 0.400. The van der Waals surface area contributed by atoms with Gasteiger partial charge in [0.1, 0.15) is 21.5 Å². The number of hydrogen-bond acceptors (Lipinski definition) is 10. The van der Waals surface area contributed by atoms with Crippen LogP contribution in [0.1, 0.15) is 45.6 Å². The molecule has 0 unspecified atom stereocenters. The minimum Gasteiger partial charge on any atom is -0.388 e. The van der Waals surface area contributed by atoms with Gasteiger partial charge in [0.15, 0.2) is 0 Å². The van der Waals surface area contributed by atoms with E-state index in [1.807, 2.05) is 17.2 Å². The SMILES string of the molecule is CC(C)c1ccc(N2C[C@H](CS(C)(=O)=O)[C@H]2C)c2cnc(Nc3ccnc(N4CC[C@](C)(O)[C@@H](O)C4)n3)cc12. The molecule has 0 radical (unpaired) electrons. The fourth-order valence-corrected chi connectivity index (χ4v) is 6.72. The molecule has 39 heavy (non-hydrogen) atoms. The number of aliphatic hydroxyl groups excluding tert-OH is 1. The molecule has 2 aromatic heterocycles. The van der Waals surface area contributed by atoms with Gasteiger partial charge >= 0.3 is 0 Å². The third kappa shape index (κ3) is 5.66. The number of β-amino-alcohol motifs (C(OH)–C–C–N with tert-alkyl or cyclic N) is 1. The summed E-state index contributed by atoms with van der Waals surface area (Å²) in [5.74, 6) is 2.34. The Hall–Kier alpha value is -3.02. The van der Waals surface area contributed by atoms with Crippen LogP contribution in [0.3, 0.4) is 0 Å². The van der Waals surface area contributed by atoms with Gasteiger partial charge in [0.25, 0.3) is 0 Å². The molecule has 0 bridgehead atoms. The second-order valence-electron chi connectivity index (χ2n) is 11.6. The molecule has 2 fully saturated rings. The topological polar surface area (TPSA) is 132 Å². The van der Waals surface area contributed by atoms with Gasteiger partial charge in [0, 0.05) is 61.3 Å². The molecule has 0 amide bonds. The average Bonchev–Trinajstić information content (AvgIpc) is 2.86. The highest BCUT2D eigenvalue weighted by atomic mass is 32.2. The zero-order valence-corrected chi connectivity index (χ0v) is 24.0. The van der Waals surface area contributed by atoms with Crippen molar-refractivity contribution in [1.29, 1.82) is 0 Å². The van der Waals surface area contributed by atoms with Gasteiger partial charge in [-0.1, -0.05) is 19.9 Å². The number of rotatable bonds is 7. The van der Waals surface area contributed by atoms with Crippen LogP contribution in [-0.2, 0) is 9.84 Å². The number of pyridine rings is 1. The van der Waals surface area contributed by atoms with E-state index in [2.05, 4.69) is 53.1 Å². The van der Waals surface area contributed by atoms with E-state index < -0.39 is 21.5 Å². The molecule has 210 valence electrons. The normalized spacial score (nSPS) is 25.7. The van der Waals surface area contributed by atoms with Gasteiger partial charge in [-0.3, -0.25) is 0 Å². The molecule has 0 aliphatic carbocycles. The third-order valence-corrected chi connectivity index (χ3v) is 9.18. The molecule has 4 atom stereocenters. The Morgan fingerprint density at radius 2 is 1.92 bits per heavy atom. The Morgan fingerprint density at radius 3 is 2.59 bits per heavy atom. The van der Waals surface area contributed by atoms with Gasteiger partial charge in [-0.05, 0) is 55.3 Å². The summed E-state index contributed by atoms with van der Waals surface area (Å²) in [4.78, 5) is 17.8. The van der Waals surface area contributed by atoms with Crippen molar-refractivity contribution in [3.63, 3.8) is 0 Å². The number of hydrogen-bond donors (Lipinski definition) is 3. The lowest BCUT2D eigenvalue weighted by atomic mass is 9.88. The maximum absolute atomic E-state index is 11.8. The van der Waals surface area contributed by atoms with Crippen LogP contribution in [0.2, 0.25) is 0 Å².